The molecule has 2 aromatic rings. The smallest absolute Gasteiger partial charge is 0.327 e. The molecule has 0 unspecified atom stereocenters. The molecule has 2 aliphatic rings. The largest absolute Gasteiger partial charge is 0.348 e. The molecule has 1 saturated heterocycles. The molecule has 4 rings (SSSR count). The molecular formula is C20H23N3O3S. The minimum atomic E-state index is -0.317. The number of carbonyl (C=O) groups excluding carboxylic acids is 3. The molecule has 2 aromatic heterocycles. The Balaban J connectivity index is 1.46. The zero-order valence-corrected chi connectivity index (χ0v) is 16.4. The molecule has 3 amide bonds. The molecule has 0 N–H and O–H groups in total. The fourth-order valence-corrected chi connectivity index (χ4v) is 4.42. The number of hydrogen-bond donors (Lipinski definition) is 0. The van der Waals surface area contributed by atoms with Crippen molar-refractivity contribution in [2.45, 2.75) is 45.7 Å². The van der Waals surface area contributed by atoms with Crippen LogP contribution in [0.1, 0.15) is 39.5 Å². The summed E-state index contributed by atoms with van der Waals surface area (Å²) >= 11 is 1.73. The molecule has 7 heteroatoms. The normalized spacial score (nSPS) is 17.3. The van der Waals surface area contributed by atoms with Gasteiger partial charge >= 0.3 is 6.03 Å². The van der Waals surface area contributed by atoms with Crippen molar-refractivity contribution >= 4 is 29.1 Å². The monoisotopic (exact) mass is 385 g/mol. The van der Waals surface area contributed by atoms with Gasteiger partial charge in [-0.1, -0.05) is 6.07 Å². The average Bonchev–Trinajstić information content (AvgIpc) is 3.17. The first kappa shape index (κ1) is 18.0. The van der Waals surface area contributed by atoms with E-state index in [0.717, 1.165) is 42.1 Å². The highest BCUT2D eigenvalue weighted by molar-refractivity contribution is 7.09. The minimum absolute atomic E-state index is 0.108. The third-order valence-electron chi connectivity index (χ3n) is 5.41. The van der Waals surface area contributed by atoms with Crippen LogP contribution >= 0.6 is 11.3 Å². The predicted octanol–water partition coefficient (Wildman–Crippen LogP) is 3.02. The van der Waals surface area contributed by atoms with Crippen molar-refractivity contribution in [3.63, 3.8) is 0 Å². The van der Waals surface area contributed by atoms with Gasteiger partial charge in [0.1, 0.15) is 6.54 Å². The number of Topliss-reactive ketones (excluding diaryl/α,β-unsaturated/α-hetero) is 1. The quantitative estimate of drug-likeness (QED) is 0.544. The third kappa shape index (κ3) is 3.43. The summed E-state index contributed by atoms with van der Waals surface area (Å²) in [5.41, 5.74) is 2.52. The Hall–Kier alpha value is -2.41. The van der Waals surface area contributed by atoms with Crippen molar-refractivity contribution in [1.82, 2.24) is 14.4 Å². The molecular weight excluding hydrogens is 362 g/mol. The molecule has 1 saturated carbocycles. The lowest BCUT2D eigenvalue weighted by molar-refractivity contribution is -0.125. The van der Waals surface area contributed by atoms with Crippen LogP contribution in [0.15, 0.2) is 23.6 Å². The van der Waals surface area contributed by atoms with Crippen LogP contribution in [0.5, 0.6) is 0 Å². The van der Waals surface area contributed by atoms with Gasteiger partial charge in [0.05, 0.1) is 6.54 Å². The Morgan fingerprint density at radius 2 is 2.04 bits per heavy atom. The van der Waals surface area contributed by atoms with Crippen molar-refractivity contribution < 1.29 is 14.4 Å². The maximum Gasteiger partial charge on any atom is 0.327 e. The van der Waals surface area contributed by atoms with Gasteiger partial charge in [0, 0.05) is 34.4 Å². The van der Waals surface area contributed by atoms with E-state index >= 15 is 0 Å². The van der Waals surface area contributed by atoms with Crippen LogP contribution in [-0.2, 0) is 17.8 Å². The molecule has 2 fully saturated rings. The van der Waals surface area contributed by atoms with Gasteiger partial charge in [-0.3, -0.25) is 14.5 Å². The Morgan fingerprint density at radius 1 is 1.26 bits per heavy atom. The molecule has 1 aliphatic carbocycles. The van der Waals surface area contributed by atoms with E-state index in [1.54, 1.807) is 16.2 Å². The number of thiophene rings is 1. The zero-order valence-electron chi connectivity index (χ0n) is 15.6. The first-order valence-corrected chi connectivity index (χ1v) is 10.2. The number of aryl methyl sites for hydroxylation is 2. The SMILES string of the molecule is Cc1cc(C(=O)CN2C(=O)CN(C3CC3)C2=O)c(C)n1CCc1cccs1. The van der Waals surface area contributed by atoms with Gasteiger partial charge < -0.3 is 9.47 Å². The molecule has 0 atom stereocenters. The number of imide groups is 1. The molecule has 6 nitrogen and oxygen atoms in total. The number of urea groups is 1. The van der Waals surface area contributed by atoms with Crippen molar-refractivity contribution in [2.24, 2.45) is 0 Å². The first-order chi connectivity index (χ1) is 13.0. The lowest BCUT2D eigenvalue weighted by atomic mass is 10.1. The topological polar surface area (TPSA) is 62.6 Å². The molecule has 1 aliphatic heterocycles. The Morgan fingerprint density at radius 3 is 2.70 bits per heavy atom. The zero-order chi connectivity index (χ0) is 19.1. The second-order valence-electron chi connectivity index (χ2n) is 7.31. The summed E-state index contributed by atoms with van der Waals surface area (Å²) in [6, 6.07) is 5.89. The summed E-state index contributed by atoms with van der Waals surface area (Å²) in [4.78, 5) is 41.5. The van der Waals surface area contributed by atoms with Crippen LogP contribution in [0.2, 0.25) is 0 Å². The first-order valence-electron chi connectivity index (χ1n) is 9.29. The van der Waals surface area contributed by atoms with Gasteiger partial charge in [0.25, 0.3) is 5.91 Å². The van der Waals surface area contributed by atoms with Crippen LogP contribution < -0.4 is 0 Å². The second kappa shape index (κ2) is 6.96. The van der Waals surface area contributed by atoms with Crippen molar-refractivity contribution in [2.75, 3.05) is 13.1 Å². The highest BCUT2D eigenvalue weighted by Crippen LogP contribution is 2.30. The molecule has 142 valence electrons. The molecule has 0 bridgehead atoms. The molecule has 0 spiro atoms. The van der Waals surface area contributed by atoms with Crippen molar-refractivity contribution in [1.29, 1.82) is 0 Å². The van der Waals surface area contributed by atoms with Gasteiger partial charge in [0.2, 0.25) is 0 Å². The Kier molecular flexibility index (Phi) is 4.63. The van der Waals surface area contributed by atoms with Gasteiger partial charge in [0.15, 0.2) is 5.78 Å². The standard InChI is InChI=1S/C20H23N3O3S/c1-13-10-17(14(2)21(13)8-7-16-4-3-9-27-16)18(24)11-23-19(25)12-22(20(23)26)15-5-6-15/h3-4,9-10,15H,5-8,11-12H2,1-2H3. The van der Waals surface area contributed by atoms with Crippen LogP contribution in [0.3, 0.4) is 0 Å². The van der Waals surface area contributed by atoms with Gasteiger partial charge in [-0.05, 0) is 50.6 Å². The summed E-state index contributed by atoms with van der Waals surface area (Å²) in [7, 11) is 0. The summed E-state index contributed by atoms with van der Waals surface area (Å²) in [6.45, 7) is 4.66. The summed E-state index contributed by atoms with van der Waals surface area (Å²) < 4.78 is 2.14. The fraction of sp³-hybridized carbons (Fsp3) is 0.450. The fourth-order valence-electron chi connectivity index (χ4n) is 3.72. The van der Waals surface area contributed by atoms with E-state index in [1.807, 2.05) is 26.0 Å². The van der Waals surface area contributed by atoms with Gasteiger partial charge in [-0.15, -0.1) is 11.3 Å². The Labute approximate surface area is 162 Å². The van der Waals surface area contributed by atoms with E-state index in [-0.39, 0.29) is 36.9 Å². The van der Waals surface area contributed by atoms with E-state index in [2.05, 4.69) is 16.0 Å². The highest BCUT2D eigenvalue weighted by atomic mass is 32.1. The molecule has 0 radical (unpaired) electrons. The molecule has 27 heavy (non-hydrogen) atoms. The van der Waals surface area contributed by atoms with Crippen LogP contribution in [0.4, 0.5) is 4.79 Å². The molecule has 3 heterocycles. The number of nitrogens with zero attached hydrogens (tertiary/aromatic N) is 3. The molecule has 0 aromatic carbocycles. The lowest BCUT2D eigenvalue weighted by Gasteiger charge is -2.16. The number of carbonyl (C=O) groups is 3. The number of hydrogen-bond acceptors (Lipinski definition) is 4. The van der Waals surface area contributed by atoms with E-state index in [9.17, 15) is 14.4 Å². The van der Waals surface area contributed by atoms with E-state index in [0.29, 0.717) is 5.56 Å². The van der Waals surface area contributed by atoms with E-state index < -0.39 is 0 Å². The summed E-state index contributed by atoms with van der Waals surface area (Å²) in [6.07, 6.45) is 2.82. The van der Waals surface area contributed by atoms with Crippen molar-refractivity contribution in [3.05, 3.63) is 45.4 Å². The number of rotatable bonds is 7. The minimum Gasteiger partial charge on any atom is -0.348 e. The van der Waals surface area contributed by atoms with Gasteiger partial charge in [-0.25, -0.2) is 4.79 Å². The van der Waals surface area contributed by atoms with Crippen molar-refractivity contribution in [3.8, 4) is 0 Å². The third-order valence-corrected chi connectivity index (χ3v) is 6.34. The van der Waals surface area contributed by atoms with Crippen LogP contribution in [0, 0.1) is 13.8 Å². The number of aromatic nitrogens is 1. The maximum absolute atomic E-state index is 12.8. The summed E-state index contributed by atoms with van der Waals surface area (Å²) in [5.74, 6) is -0.448. The van der Waals surface area contributed by atoms with E-state index in [1.165, 1.54) is 4.88 Å². The summed E-state index contributed by atoms with van der Waals surface area (Å²) in [5, 5.41) is 2.06. The Bertz CT molecular complexity index is 896. The highest BCUT2D eigenvalue weighted by Gasteiger charge is 2.44. The average molecular weight is 385 g/mol. The van der Waals surface area contributed by atoms with E-state index in [4.69, 9.17) is 0 Å². The van der Waals surface area contributed by atoms with Gasteiger partial charge in [-0.2, -0.15) is 0 Å². The number of ketones is 1. The second-order valence-corrected chi connectivity index (χ2v) is 8.34. The maximum atomic E-state index is 12.8. The van der Waals surface area contributed by atoms with Crippen LogP contribution in [0.25, 0.3) is 0 Å². The van der Waals surface area contributed by atoms with Crippen LogP contribution in [-0.4, -0.2) is 51.2 Å². The number of amides is 3. The lowest BCUT2D eigenvalue weighted by Crippen LogP contribution is -2.37. The predicted molar refractivity (Wildman–Crippen MR) is 103 cm³/mol.